The third-order valence-corrected chi connectivity index (χ3v) is 3.94. The highest BCUT2D eigenvalue weighted by molar-refractivity contribution is 7.16. The normalized spacial score (nSPS) is 11.9. The summed E-state index contributed by atoms with van der Waals surface area (Å²) in [5, 5.41) is 12.5. The number of hydrogen-bond acceptors (Lipinski definition) is 4. The van der Waals surface area contributed by atoms with Gasteiger partial charge in [0, 0.05) is 17.3 Å². The van der Waals surface area contributed by atoms with Gasteiger partial charge in [-0.2, -0.15) is 5.26 Å². The van der Waals surface area contributed by atoms with Crippen molar-refractivity contribution in [3.63, 3.8) is 0 Å². The van der Waals surface area contributed by atoms with E-state index < -0.39 is 0 Å². The Balaban J connectivity index is 2.60. The average molecular weight is 265 g/mol. The van der Waals surface area contributed by atoms with Gasteiger partial charge in [0.05, 0.1) is 5.56 Å². The molecule has 0 saturated heterocycles. The van der Waals surface area contributed by atoms with Gasteiger partial charge in [-0.15, -0.1) is 11.3 Å². The molecule has 0 radical (unpaired) electrons. The lowest BCUT2D eigenvalue weighted by molar-refractivity contribution is -0.116. The lowest BCUT2D eigenvalue weighted by Crippen LogP contribution is -2.16. The van der Waals surface area contributed by atoms with E-state index in [1.165, 1.54) is 11.3 Å². The van der Waals surface area contributed by atoms with Crippen molar-refractivity contribution in [2.24, 2.45) is 5.73 Å². The van der Waals surface area contributed by atoms with Gasteiger partial charge in [0.25, 0.3) is 0 Å². The number of nitrogens with two attached hydrogens (primary N) is 1. The van der Waals surface area contributed by atoms with Crippen molar-refractivity contribution in [2.45, 2.75) is 46.1 Å². The van der Waals surface area contributed by atoms with Crippen molar-refractivity contribution in [1.29, 1.82) is 5.26 Å². The molecular weight excluding hydrogens is 246 g/mol. The van der Waals surface area contributed by atoms with Crippen LogP contribution in [0.4, 0.5) is 5.00 Å². The maximum atomic E-state index is 11.7. The molecule has 0 bridgehead atoms. The highest BCUT2D eigenvalue weighted by Crippen LogP contribution is 2.31. The number of nitrogens with zero attached hydrogens (tertiary/aromatic N) is 1. The zero-order chi connectivity index (χ0) is 13.7. The molecule has 0 aliphatic rings. The molecule has 0 aliphatic heterocycles. The van der Waals surface area contributed by atoms with Crippen LogP contribution in [0.25, 0.3) is 0 Å². The predicted octanol–water partition coefficient (Wildman–Crippen LogP) is 2.69. The van der Waals surface area contributed by atoms with Crippen LogP contribution in [0, 0.1) is 25.2 Å². The van der Waals surface area contributed by atoms with Gasteiger partial charge in [-0.05, 0) is 39.2 Å². The van der Waals surface area contributed by atoms with Crippen LogP contribution in [0.1, 0.15) is 42.2 Å². The number of anilines is 1. The third-order valence-electron chi connectivity index (χ3n) is 2.81. The summed E-state index contributed by atoms with van der Waals surface area (Å²) in [6.45, 7) is 5.78. The van der Waals surface area contributed by atoms with Crippen molar-refractivity contribution in [2.75, 3.05) is 5.32 Å². The molecular formula is C13H19N3OS. The summed E-state index contributed by atoms with van der Waals surface area (Å²) in [7, 11) is 0. The SMILES string of the molecule is Cc1sc(NC(=O)CCCC(C)N)c(C#N)c1C. The van der Waals surface area contributed by atoms with Gasteiger partial charge in [0.15, 0.2) is 0 Å². The van der Waals surface area contributed by atoms with Crippen LogP contribution in [-0.2, 0) is 4.79 Å². The van der Waals surface area contributed by atoms with Crippen molar-refractivity contribution < 1.29 is 4.79 Å². The number of amides is 1. The molecule has 0 spiro atoms. The topological polar surface area (TPSA) is 78.9 Å². The molecule has 1 rings (SSSR count). The summed E-state index contributed by atoms with van der Waals surface area (Å²) in [5.74, 6) is -0.0478. The fourth-order valence-electron chi connectivity index (χ4n) is 1.62. The Hall–Kier alpha value is -1.38. The summed E-state index contributed by atoms with van der Waals surface area (Å²) in [6, 6.07) is 2.26. The second-order valence-electron chi connectivity index (χ2n) is 4.52. The van der Waals surface area contributed by atoms with Crippen molar-refractivity contribution in [3.05, 3.63) is 16.0 Å². The van der Waals surface area contributed by atoms with Gasteiger partial charge in [-0.25, -0.2) is 0 Å². The minimum atomic E-state index is -0.0478. The highest BCUT2D eigenvalue weighted by Gasteiger charge is 2.14. The predicted molar refractivity (Wildman–Crippen MR) is 74.6 cm³/mol. The minimum Gasteiger partial charge on any atom is -0.328 e. The second kappa shape index (κ2) is 6.53. The minimum absolute atomic E-state index is 0.0478. The monoisotopic (exact) mass is 265 g/mol. The van der Waals surface area contributed by atoms with E-state index in [0.29, 0.717) is 17.0 Å². The fraction of sp³-hybridized carbons (Fsp3) is 0.538. The fourth-order valence-corrected chi connectivity index (χ4v) is 2.65. The van der Waals surface area contributed by atoms with E-state index in [1.807, 2.05) is 20.8 Å². The Kier molecular flexibility index (Phi) is 5.32. The van der Waals surface area contributed by atoms with Crippen molar-refractivity contribution in [1.82, 2.24) is 0 Å². The molecule has 1 unspecified atom stereocenters. The summed E-state index contributed by atoms with van der Waals surface area (Å²) in [6.07, 6.45) is 2.05. The molecule has 3 N–H and O–H groups in total. The molecule has 0 aromatic carbocycles. The molecule has 0 aliphatic carbocycles. The van der Waals surface area contributed by atoms with Gasteiger partial charge < -0.3 is 11.1 Å². The molecule has 0 fully saturated rings. The van der Waals surface area contributed by atoms with Gasteiger partial charge in [-0.1, -0.05) is 0 Å². The van der Waals surface area contributed by atoms with Gasteiger partial charge in [0.2, 0.25) is 5.91 Å². The van der Waals surface area contributed by atoms with Gasteiger partial charge in [-0.3, -0.25) is 4.79 Å². The van der Waals surface area contributed by atoms with E-state index in [4.69, 9.17) is 11.0 Å². The second-order valence-corrected chi connectivity index (χ2v) is 5.74. The van der Waals surface area contributed by atoms with Crippen molar-refractivity contribution in [3.8, 4) is 6.07 Å². The Morgan fingerprint density at radius 3 is 2.78 bits per heavy atom. The summed E-state index contributed by atoms with van der Waals surface area (Å²) in [4.78, 5) is 12.8. The zero-order valence-electron chi connectivity index (χ0n) is 11.0. The van der Waals surface area contributed by atoms with Crippen LogP contribution in [0.2, 0.25) is 0 Å². The van der Waals surface area contributed by atoms with E-state index in [-0.39, 0.29) is 11.9 Å². The van der Waals surface area contributed by atoms with Gasteiger partial charge in [0.1, 0.15) is 11.1 Å². The summed E-state index contributed by atoms with van der Waals surface area (Å²) < 4.78 is 0. The number of carbonyl (C=O) groups excluding carboxylic acids is 1. The molecule has 18 heavy (non-hydrogen) atoms. The lowest BCUT2D eigenvalue weighted by atomic mass is 10.1. The molecule has 5 heteroatoms. The largest absolute Gasteiger partial charge is 0.328 e. The first-order valence-corrected chi connectivity index (χ1v) is 6.82. The van der Waals surface area contributed by atoms with Crippen LogP contribution >= 0.6 is 11.3 Å². The van der Waals surface area contributed by atoms with Crippen LogP contribution in [0.3, 0.4) is 0 Å². The van der Waals surface area contributed by atoms with E-state index in [1.54, 1.807) is 0 Å². The lowest BCUT2D eigenvalue weighted by Gasteiger charge is -2.05. The van der Waals surface area contributed by atoms with E-state index in [0.717, 1.165) is 23.3 Å². The first-order chi connectivity index (χ1) is 8.45. The Morgan fingerprint density at radius 1 is 1.56 bits per heavy atom. The molecule has 1 atom stereocenters. The number of rotatable bonds is 5. The number of thiophene rings is 1. The number of carbonyl (C=O) groups is 1. The van der Waals surface area contributed by atoms with Gasteiger partial charge >= 0.3 is 0 Å². The van der Waals surface area contributed by atoms with Crippen LogP contribution in [0.5, 0.6) is 0 Å². The number of nitrogens with one attached hydrogen (secondary N) is 1. The molecule has 1 aromatic heterocycles. The molecule has 4 nitrogen and oxygen atoms in total. The Morgan fingerprint density at radius 2 is 2.22 bits per heavy atom. The standard InChI is InChI=1S/C13H19N3OS/c1-8(15)5-4-6-12(17)16-13-11(7-14)9(2)10(3)18-13/h8H,4-6,15H2,1-3H3,(H,16,17). The first-order valence-electron chi connectivity index (χ1n) is 6.01. The molecule has 1 heterocycles. The zero-order valence-corrected chi connectivity index (χ0v) is 11.9. The summed E-state index contributed by atoms with van der Waals surface area (Å²) >= 11 is 1.45. The highest BCUT2D eigenvalue weighted by atomic mass is 32.1. The maximum absolute atomic E-state index is 11.7. The molecule has 1 amide bonds. The maximum Gasteiger partial charge on any atom is 0.225 e. The number of hydrogen-bond donors (Lipinski definition) is 2. The first kappa shape index (κ1) is 14.7. The smallest absolute Gasteiger partial charge is 0.225 e. The average Bonchev–Trinajstić information content (AvgIpc) is 2.53. The van der Waals surface area contributed by atoms with E-state index in [2.05, 4.69) is 11.4 Å². The van der Waals surface area contributed by atoms with Crippen molar-refractivity contribution >= 4 is 22.2 Å². The van der Waals surface area contributed by atoms with E-state index >= 15 is 0 Å². The Bertz CT molecular complexity index is 471. The van der Waals surface area contributed by atoms with Crippen LogP contribution in [-0.4, -0.2) is 11.9 Å². The van der Waals surface area contributed by atoms with Crippen LogP contribution in [0.15, 0.2) is 0 Å². The number of nitriles is 1. The number of aryl methyl sites for hydroxylation is 1. The molecule has 0 saturated carbocycles. The summed E-state index contributed by atoms with van der Waals surface area (Å²) in [5.41, 5.74) is 7.16. The van der Waals surface area contributed by atoms with E-state index in [9.17, 15) is 4.79 Å². The quantitative estimate of drug-likeness (QED) is 0.859. The molecule has 98 valence electrons. The van der Waals surface area contributed by atoms with Crippen LogP contribution < -0.4 is 11.1 Å². The Labute approximate surface area is 112 Å². The molecule has 1 aromatic rings. The third kappa shape index (κ3) is 3.83.